The summed E-state index contributed by atoms with van der Waals surface area (Å²) in [5.41, 5.74) is 2.22. The van der Waals surface area contributed by atoms with Gasteiger partial charge in [-0.3, -0.25) is 9.59 Å². The molecule has 1 aliphatic heterocycles. The minimum absolute atomic E-state index is 0.0613. The van der Waals surface area contributed by atoms with Crippen LogP contribution in [-0.4, -0.2) is 65.4 Å². The Balaban J connectivity index is 1.20. The molecule has 1 saturated heterocycles. The molecule has 31 heavy (non-hydrogen) atoms. The van der Waals surface area contributed by atoms with Crippen molar-refractivity contribution < 1.29 is 14.4 Å². The van der Waals surface area contributed by atoms with E-state index in [2.05, 4.69) is 15.6 Å². The number of urea groups is 1. The molecule has 0 saturated carbocycles. The van der Waals surface area contributed by atoms with Gasteiger partial charge in [0.2, 0.25) is 5.91 Å². The van der Waals surface area contributed by atoms with E-state index in [9.17, 15) is 14.4 Å². The molecule has 3 N–H and O–H groups in total. The lowest BCUT2D eigenvalue weighted by atomic mass is 10.2. The van der Waals surface area contributed by atoms with Gasteiger partial charge in [-0.1, -0.05) is 36.4 Å². The number of nitrogens with zero attached hydrogens (tertiary/aromatic N) is 2. The lowest BCUT2D eigenvalue weighted by Crippen LogP contribution is -2.53. The molecule has 1 aromatic heterocycles. The van der Waals surface area contributed by atoms with Crippen LogP contribution in [0.3, 0.4) is 0 Å². The summed E-state index contributed by atoms with van der Waals surface area (Å²) in [6.07, 6.45) is 0.194. The third kappa shape index (κ3) is 5.03. The molecule has 2 heterocycles. The van der Waals surface area contributed by atoms with Gasteiger partial charge >= 0.3 is 6.03 Å². The number of aromatic amines is 1. The Hall–Kier alpha value is -3.81. The molecule has 0 radical (unpaired) electrons. The van der Waals surface area contributed by atoms with E-state index in [1.54, 1.807) is 9.80 Å². The average Bonchev–Trinajstić information content (AvgIpc) is 3.23. The smallest absolute Gasteiger partial charge is 0.317 e. The third-order valence-corrected chi connectivity index (χ3v) is 5.30. The Morgan fingerprint density at radius 1 is 0.871 bits per heavy atom. The third-order valence-electron chi connectivity index (χ3n) is 5.30. The largest absolute Gasteiger partial charge is 0.351 e. The summed E-state index contributed by atoms with van der Waals surface area (Å²) >= 11 is 0. The number of piperazine rings is 1. The van der Waals surface area contributed by atoms with E-state index >= 15 is 0 Å². The summed E-state index contributed by atoms with van der Waals surface area (Å²) in [5, 5.41) is 6.57. The van der Waals surface area contributed by atoms with Crippen molar-refractivity contribution in [2.45, 2.75) is 6.42 Å². The number of H-pyrrole nitrogens is 1. The minimum atomic E-state index is -0.217. The molecule has 3 aromatic rings. The van der Waals surface area contributed by atoms with Crippen molar-refractivity contribution in [1.82, 2.24) is 20.1 Å². The first-order valence-electron chi connectivity index (χ1n) is 10.3. The summed E-state index contributed by atoms with van der Waals surface area (Å²) < 4.78 is 0. The fourth-order valence-corrected chi connectivity index (χ4v) is 3.61. The molecule has 0 unspecified atom stereocenters. The molecule has 0 atom stereocenters. The van der Waals surface area contributed by atoms with Crippen LogP contribution in [0.4, 0.5) is 10.5 Å². The highest BCUT2D eigenvalue weighted by Crippen LogP contribution is 2.17. The highest BCUT2D eigenvalue weighted by Gasteiger charge is 2.25. The van der Waals surface area contributed by atoms with Crippen molar-refractivity contribution in [3.05, 3.63) is 66.4 Å². The number of rotatable bonds is 5. The molecule has 4 amide bonds. The van der Waals surface area contributed by atoms with Gasteiger partial charge in [0.25, 0.3) is 5.91 Å². The van der Waals surface area contributed by atoms with Gasteiger partial charge in [-0.05, 0) is 24.3 Å². The van der Waals surface area contributed by atoms with Crippen LogP contribution < -0.4 is 10.6 Å². The summed E-state index contributed by atoms with van der Waals surface area (Å²) in [7, 11) is 0. The van der Waals surface area contributed by atoms with Crippen LogP contribution in [0.5, 0.6) is 0 Å². The van der Waals surface area contributed by atoms with E-state index in [1.165, 1.54) is 0 Å². The Kier molecular flexibility index (Phi) is 6.16. The van der Waals surface area contributed by atoms with Crippen molar-refractivity contribution >= 4 is 34.4 Å². The van der Waals surface area contributed by atoms with Crippen LogP contribution in [0.2, 0.25) is 0 Å². The van der Waals surface area contributed by atoms with Crippen LogP contribution in [0.1, 0.15) is 16.9 Å². The molecular weight excluding hydrogens is 394 g/mol. The predicted molar refractivity (Wildman–Crippen MR) is 119 cm³/mol. The Morgan fingerprint density at radius 2 is 1.55 bits per heavy atom. The maximum absolute atomic E-state index is 12.8. The first-order valence-corrected chi connectivity index (χ1v) is 10.3. The molecule has 0 bridgehead atoms. The summed E-state index contributed by atoms with van der Waals surface area (Å²) in [6, 6.07) is 18.6. The fourth-order valence-electron chi connectivity index (χ4n) is 3.61. The van der Waals surface area contributed by atoms with Gasteiger partial charge in [0.05, 0.1) is 0 Å². The van der Waals surface area contributed by atoms with Crippen molar-refractivity contribution in [2.24, 2.45) is 0 Å². The number of aromatic nitrogens is 1. The number of anilines is 1. The molecule has 0 aliphatic carbocycles. The number of fused-ring (bicyclic) bond motifs is 1. The summed E-state index contributed by atoms with van der Waals surface area (Å²) in [5.74, 6) is -0.214. The second-order valence-corrected chi connectivity index (χ2v) is 7.45. The quantitative estimate of drug-likeness (QED) is 0.593. The number of carbonyl (C=O) groups is 3. The number of nitrogens with one attached hydrogen (secondary N) is 3. The van der Waals surface area contributed by atoms with Crippen LogP contribution in [-0.2, 0) is 4.79 Å². The van der Waals surface area contributed by atoms with E-state index in [0.717, 1.165) is 16.6 Å². The Bertz CT molecular complexity index is 1040. The zero-order chi connectivity index (χ0) is 21.6. The Morgan fingerprint density at radius 3 is 2.29 bits per heavy atom. The summed E-state index contributed by atoms with van der Waals surface area (Å²) in [4.78, 5) is 43.7. The van der Waals surface area contributed by atoms with E-state index in [1.807, 2.05) is 60.7 Å². The molecule has 1 aliphatic rings. The van der Waals surface area contributed by atoms with Gasteiger partial charge in [-0.2, -0.15) is 0 Å². The van der Waals surface area contributed by atoms with Crippen LogP contribution in [0.15, 0.2) is 60.7 Å². The van der Waals surface area contributed by atoms with Gasteiger partial charge in [-0.25, -0.2) is 4.79 Å². The zero-order valence-corrected chi connectivity index (χ0v) is 17.1. The molecule has 8 heteroatoms. The van der Waals surface area contributed by atoms with Gasteiger partial charge in [0.1, 0.15) is 5.69 Å². The highest BCUT2D eigenvalue weighted by atomic mass is 16.2. The maximum atomic E-state index is 12.8. The van der Waals surface area contributed by atoms with Gasteiger partial charge in [0, 0.05) is 55.7 Å². The molecule has 2 aromatic carbocycles. The number of para-hydroxylation sites is 2. The number of hydrogen-bond acceptors (Lipinski definition) is 3. The SMILES string of the molecule is O=C(CCNC(=O)N1CCN(C(=O)c2cc3ccccc3[nH]2)CC1)Nc1ccccc1. The van der Waals surface area contributed by atoms with Gasteiger partial charge in [-0.15, -0.1) is 0 Å². The lowest BCUT2D eigenvalue weighted by molar-refractivity contribution is -0.116. The van der Waals surface area contributed by atoms with Crippen molar-refractivity contribution in [2.75, 3.05) is 38.0 Å². The first kappa shape index (κ1) is 20.5. The van der Waals surface area contributed by atoms with E-state index < -0.39 is 0 Å². The Labute approximate surface area is 180 Å². The van der Waals surface area contributed by atoms with Crippen LogP contribution in [0, 0.1) is 0 Å². The summed E-state index contributed by atoms with van der Waals surface area (Å²) in [6.45, 7) is 2.10. The average molecular weight is 419 g/mol. The molecular formula is C23H25N5O3. The fraction of sp³-hybridized carbons (Fsp3) is 0.261. The van der Waals surface area contributed by atoms with Crippen molar-refractivity contribution in [3.63, 3.8) is 0 Å². The number of amides is 4. The van der Waals surface area contributed by atoms with Gasteiger partial charge in [0.15, 0.2) is 0 Å². The maximum Gasteiger partial charge on any atom is 0.317 e. The number of carbonyl (C=O) groups excluding carboxylic acids is 3. The van der Waals surface area contributed by atoms with E-state index in [0.29, 0.717) is 31.9 Å². The van der Waals surface area contributed by atoms with Crippen LogP contribution >= 0.6 is 0 Å². The predicted octanol–water partition coefficient (Wildman–Crippen LogP) is 2.66. The first-order chi connectivity index (χ1) is 15.1. The zero-order valence-electron chi connectivity index (χ0n) is 17.1. The standard InChI is InChI=1S/C23H25N5O3/c29-21(25-18-7-2-1-3-8-18)10-11-24-23(31)28-14-12-27(13-15-28)22(30)20-16-17-6-4-5-9-19(17)26-20/h1-9,16,26H,10-15H2,(H,24,31)(H,25,29). The number of hydrogen-bond donors (Lipinski definition) is 3. The monoisotopic (exact) mass is 419 g/mol. The highest BCUT2D eigenvalue weighted by molar-refractivity contribution is 5.98. The molecule has 8 nitrogen and oxygen atoms in total. The van der Waals surface area contributed by atoms with Crippen molar-refractivity contribution in [3.8, 4) is 0 Å². The van der Waals surface area contributed by atoms with Gasteiger partial charge < -0.3 is 25.4 Å². The topological polar surface area (TPSA) is 97.5 Å². The lowest BCUT2D eigenvalue weighted by Gasteiger charge is -2.34. The minimum Gasteiger partial charge on any atom is -0.351 e. The van der Waals surface area contributed by atoms with Crippen LogP contribution in [0.25, 0.3) is 10.9 Å². The molecule has 4 rings (SSSR count). The molecule has 160 valence electrons. The molecule has 0 spiro atoms. The second-order valence-electron chi connectivity index (χ2n) is 7.45. The number of benzene rings is 2. The van der Waals surface area contributed by atoms with E-state index in [-0.39, 0.29) is 30.8 Å². The molecule has 1 fully saturated rings. The van der Waals surface area contributed by atoms with E-state index in [4.69, 9.17) is 0 Å². The second kappa shape index (κ2) is 9.34. The normalized spacial score (nSPS) is 13.8. The van der Waals surface area contributed by atoms with Crippen molar-refractivity contribution in [1.29, 1.82) is 0 Å².